The van der Waals surface area contributed by atoms with Crippen LogP contribution in [0.3, 0.4) is 0 Å². The molecule has 1 aromatic carbocycles. The molecule has 0 bridgehead atoms. The maximum atomic E-state index is 11.8. The van der Waals surface area contributed by atoms with Crippen LogP contribution in [0.25, 0.3) is 0 Å². The summed E-state index contributed by atoms with van der Waals surface area (Å²) in [5.74, 6) is 0.137. The van der Waals surface area contributed by atoms with Gasteiger partial charge in [-0.1, -0.05) is 31.2 Å². The summed E-state index contributed by atoms with van der Waals surface area (Å²) < 4.78 is 12.0. The average molecular weight is 260 g/mol. The van der Waals surface area contributed by atoms with E-state index >= 15 is 0 Å². The first-order valence-electron chi connectivity index (χ1n) is 6.75. The zero-order chi connectivity index (χ0) is 14.3. The van der Waals surface area contributed by atoms with Crippen LogP contribution < -0.4 is 5.46 Å². The molecular weight excluding hydrogens is 239 g/mol. The first-order valence-corrected chi connectivity index (χ1v) is 6.75. The summed E-state index contributed by atoms with van der Waals surface area (Å²) in [6.45, 7) is 9.95. The van der Waals surface area contributed by atoms with Gasteiger partial charge in [-0.2, -0.15) is 0 Å². The molecule has 0 amide bonds. The minimum Gasteiger partial charge on any atom is -0.399 e. The number of rotatable bonds is 3. The second-order valence-electron chi connectivity index (χ2n) is 5.99. The van der Waals surface area contributed by atoms with Gasteiger partial charge in [-0.15, -0.1) is 0 Å². The molecule has 0 aromatic heterocycles. The Kier molecular flexibility index (Phi) is 3.58. The summed E-state index contributed by atoms with van der Waals surface area (Å²) in [4.78, 5) is 11.8. The van der Waals surface area contributed by atoms with Crippen molar-refractivity contribution in [2.75, 3.05) is 0 Å². The van der Waals surface area contributed by atoms with Crippen LogP contribution in [0.4, 0.5) is 0 Å². The van der Waals surface area contributed by atoms with Gasteiger partial charge in [-0.05, 0) is 33.2 Å². The van der Waals surface area contributed by atoms with Crippen LogP contribution in [0.15, 0.2) is 24.3 Å². The second-order valence-corrected chi connectivity index (χ2v) is 5.99. The predicted molar refractivity (Wildman–Crippen MR) is 76.8 cm³/mol. The molecule has 0 aliphatic carbocycles. The minimum absolute atomic E-state index is 0.137. The third-order valence-electron chi connectivity index (χ3n) is 4.06. The second kappa shape index (κ2) is 4.76. The van der Waals surface area contributed by atoms with Gasteiger partial charge in [0, 0.05) is 12.0 Å². The molecule has 0 spiro atoms. The molecule has 0 unspecified atom stereocenters. The lowest BCUT2D eigenvalue weighted by Gasteiger charge is -2.32. The van der Waals surface area contributed by atoms with Gasteiger partial charge in [0.2, 0.25) is 0 Å². The van der Waals surface area contributed by atoms with Crippen molar-refractivity contribution in [2.24, 2.45) is 0 Å². The smallest absolute Gasteiger partial charge is 0.399 e. The molecule has 102 valence electrons. The minimum atomic E-state index is -0.408. The largest absolute Gasteiger partial charge is 0.494 e. The van der Waals surface area contributed by atoms with Crippen molar-refractivity contribution in [3.63, 3.8) is 0 Å². The van der Waals surface area contributed by atoms with Crippen LogP contribution in [0.1, 0.15) is 51.4 Å². The van der Waals surface area contributed by atoms with E-state index in [9.17, 15) is 4.79 Å². The van der Waals surface area contributed by atoms with Crippen LogP contribution >= 0.6 is 0 Å². The van der Waals surface area contributed by atoms with E-state index in [1.54, 1.807) is 0 Å². The summed E-state index contributed by atoms with van der Waals surface area (Å²) in [5.41, 5.74) is 0.901. The maximum Gasteiger partial charge on any atom is 0.494 e. The number of benzene rings is 1. The molecule has 1 aliphatic rings. The Labute approximate surface area is 115 Å². The standard InChI is InChI=1S/C15H21BO3/c1-6-13(17)11-8-7-9-12(10-11)16-18-14(2,3)15(4,5)19-16/h7-10H,6H2,1-5H3. The fraction of sp³-hybridized carbons (Fsp3) is 0.533. The van der Waals surface area contributed by atoms with Crippen molar-refractivity contribution >= 4 is 18.4 Å². The van der Waals surface area contributed by atoms with Crippen molar-refractivity contribution in [1.82, 2.24) is 0 Å². The van der Waals surface area contributed by atoms with Gasteiger partial charge >= 0.3 is 7.12 Å². The van der Waals surface area contributed by atoms with Gasteiger partial charge in [0.05, 0.1) is 11.2 Å². The summed E-state index contributed by atoms with van der Waals surface area (Å²) in [6, 6.07) is 7.52. The SMILES string of the molecule is CCC(=O)c1cccc(B2OC(C)(C)C(C)(C)O2)c1. The van der Waals surface area contributed by atoms with E-state index in [0.717, 1.165) is 11.0 Å². The van der Waals surface area contributed by atoms with Crippen LogP contribution in [0, 0.1) is 0 Å². The summed E-state index contributed by atoms with van der Waals surface area (Å²) in [7, 11) is -0.408. The van der Waals surface area contributed by atoms with E-state index in [4.69, 9.17) is 9.31 Å². The van der Waals surface area contributed by atoms with E-state index in [1.807, 2.05) is 58.9 Å². The molecule has 0 atom stereocenters. The highest BCUT2D eigenvalue weighted by Crippen LogP contribution is 2.36. The quantitative estimate of drug-likeness (QED) is 0.619. The van der Waals surface area contributed by atoms with E-state index in [2.05, 4.69) is 0 Å². The van der Waals surface area contributed by atoms with Crippen LogP contribution in [-0.4, -0.2) is 24.1 Å². The number of ketones is 1. The normalized spacial score (nSPS) is 20.6. The van der Waals surface area contributed by atoms with Crippen molar-refractivity contribution in [3.05, 3.63) is 29.8 Å². The van der Waals surface area contributed by atoms with E-state index < -0.39 is 7.12 Å². The Balaban J connectivity index is 2.27. The first-order chi connectivity index (χ1) is 8.77. The molecule has 1 aromatic rings. The van der Waals surface area contributed by atoms with E-state index in [-0.39, 0.29) is 17.0 Å². The lowest BCUT2D eigenvalue weighted by atomic mass is 9.78. The third-order valence-corrected chi connectivity index (χ3v) is 4.06. The van der Waals surface area contributed by atoms with E-state index in [0.29, 0.717) is 6.42 Å². The molecule has 0 radical (unpaired) electrons. The highest BCUT2D eigenvalue weighted by atomic mass is 16.7. The van der Waals surface area contributed by atoms with E-state index in [1.165, 1.54) is 0 Å². The van der Waals surface area contributed by atoms with Crippen molar-refractivity contribution in [1.29, 1.82) is 0 Å². The van der Waals surface area contributed by atoms with Crippen LogP contribution in [-0.2, 0) is 9.31 Å². The number of hydrogen-bond donors (Lipinski definition) is 0. The lowest BCUT2D eigenvalue weighted by Crippen LogP contribution is -2.41. The summed E-state index contributed by atoms with van der Waals surface area (Å²) in [6.07, 6.45) is 0.507. The number of Topliss-reactive ketones (excluding diaryl/α,β-unsaturated/α-hetero) is 1. The van der Waals surface area contributed by atoms with Crippen molar-refractivity contribution in [2.45, 2.75) is 52.2 Å². The molecule has 1 saturated heterocycles. The molecule has 4 heteroatoms. The molecule has 1 heterocycles. The maximum absolute atomic E-state index is 11.8. The predicted octanol–water partition coefficient (Wildman–Crippen LogP) is 2.58. The molecule has 0 N–H and O–H groups in total. The molecule has 19 heavy (non-hydrogen) atoms. The molecule has 3 nitrogen and oxygen atoms in total. The Hall–Kier alpha value is -1.13. The monoisotopic (exact) mass is 260 g/mol. The van der Waals surface area contributed by atoms with Gasteiger partial charge in [0.15, 0.2) is 5.78 Å². The zero-order valence-electron chi connectivity index (χ0n) is 12.3. The Morgan fingerprint density at radius 2 is 1.74 bits per heavy atom. The third kappa shape index (κ3) is 2.60. The molecule has 1 aliphatic heterocycles. The van der Waals surface area contributed by atoms with Gasteiger partial charge < -0.3 is 9.31 Å². The fourth-order valence-electron chi connectivity index (χ4n) is 2.04. The zero-order valence-corrected chi connectivity index (χ0v) is 12.3. The van der Waals surface area contributed by atoms with Gasteiger partial charge in [0.25, 0.3) is 0 Å². The average Bonchev–Trinajstić information content (AvgIpc) is 2.58. The number of hydrogen-bond acceptors (Lipinski definition) is 3. The Bertz CT molecular complexity index is 478. The highest BCUT2D eigenvalue weighted by molar-refractivity contribution is 6.62. The first kappa shape index (κ1) is 14.3. The molecule has 0 saturated carbocycles. The number of carbonyl (C=O) groups is 1. The van der Waals surface area contributed by atoms with Gasteiger partial charge in [0.1, 0.15) is 0 Å². The number of carbonyl (C=O) groups excluding carboxylic acids is 1. The lowest BCUT2D eigenvalue weighted by molar-refractivity contribution is 0.00578. The molecule has 2 rings (SSSR count). The summed E-state index contributed by atoms with van der Waals surface area (Å²) in [5, 5.41) is 0. The molecular formula is C15H21BO3. The molecule has 1 fully saturated rings. The Morgan fingerprint density at radius 1 is 1.16 bits per heavy atom. The van der Waals surface area contributed by atoms with Gasteiger partial charge in [-0.3, -0.25) is 4.79 Å². The van der Waals surface area contributed by atoms with Crippen LogP contribution in [0.2, 0.25) is 0 Å². The summed E-state index contributed by atoms with van der Waals surface area (Å²) >= 11 is 0. The fourth-order valence-corrected chi connectivity index (χ4v) is 2.04. The van der Waals surface area contributed by atoms with Gasteiger partial charge in [-0.25, -0.2) is 0 Å². The Morgan fingerprint density at radius 3 is 2.26 bits per heavy atom. The highest BCUT2D eigenvalue weighted by Gasteiger charge is 2.51. The topological polar surface area (TPSA) is 35.5 Å². The van der Waals surface area contributed by atoms with Crippen molar-refractivity contribution < 1.29 is 14.1 Å². The van der Waals surface area contributed by atoms with Crippen molar-refractivity contribution in [3.8, 4) is 0 Å². The van der Waals surface area contributed by atoms with Crippen LogP contribution in [0.5, 0.6) is 0 Å².